The number of benzene rings is 2. The van der Waals surface area contributed by atoms with Gasteiger partial charge in [0.1, 0.15) is 6.29 Å². The molecule has 1 N–H and O–H groups in total. The van der Waals surface area contributed by atoms with Crippen LogP contribution >= 0.6 is 0 Å². The molecule has 0 saturated heterocycles. The van der Waals surface area contributed by atoms with E-state index in [0.29, 0.717) is 5.56 Å². The molecule has 19 heavy (non-hydrogen) atoms. The molecule has 0 heterocycles. The maximum Gasteiger partial charge on any atom is 0.150 e. The summed E-state index contributed by atoms with van der Waals surface area (Å²) in [5.74, 6) is 0. The van der Waals surface area contributed by atoms with E-state index in [1.807, 2.05) is 48.5 Å². The van der Waals surface area contributed by atoms with Crippen LogP contribution in [0.1, 0.15) is 27.0 Å². The van der Waals surface area contributed by atoms with Gasteiger partial charge < -0.3 is 5.21 Å². The maximum atomic E-state index is 10.6. The Kier molecular flexibility index (Phi) is 4.45. The van der Waals surface area contributed by atoms with Crippen molar-refractivity contribution >= 4 is 12.5 Å². The van der Waals surface area contributed by atoms with E-state index >= 15 is 0 Å². The van der Waals surface area contributed by atoms with Gasteiger partial charge in [0.15, 0.2) is 0 Å². The Hall–Kier alpha value is -2.42. The van der Waals surface area contributed by atoms with Crippen molar-refractivity contribution in [1.29, 1.82) is 0 Å². The summed E-state index contributed by atoms with van der Waals surface area (Å²) in [6.07, 6.45) is 4.14. The van der Waals surface area contributed by atoms with E-state index in [4.69, 9.17) is 5.21 Å². The van der Waals surface area contributed by atoms with Crippen molar-refractivity contribution in [2.75, 3.05) is 0 Å². The first-order valence-electron chi connectivity index (χ1n) is 6.12. The number of nitrogens with zero attached hydrogens (tertiary/aromatic N) is 1. The molecule has 0 spiro atoms. The lowest BCUT2D eigenvalue weighted by Crippen LogP contribution is -1.92. The summed E-state index contributed by atoms with van der Waals surface area (Å²) in [4.78, 5) is 10.6. The van der Waals surface area contributed by atoms with E-state index < -0.39 is 0 Å². The molecule has 0 aliphatic heterocycles. The molecule has 3 nitrogen and oxygen atoms in total. The minimum Gasteiger partial charge on any atom is -0.411 e. The molecule has 0 aliphatic carbocycles. The number of aryl methyl sites for hydroxylation is 2. The topological polar surface area (TPSA) is 49.7 Å². The molecule has 0 amide bonds. The number of hydrogen-bond acceptors (Lipinski definition) is 3. The van der Waals surface area contributed by atoms with Gasteiger partial charge >= 0.3 is 0 Å². The Morgan fingerprint density at radius 3 is 1.74 bits per heavy atom. The van der Waals surface area contributed by atoms with Crippen molar-refractivity contribution in [2.24, 2.45) is 5.16 Å². The lowest BCUT2D eigenvalue weighted by molar-refractivity contribution is 0.112. The summed E-state index contributed by atoms with van der Waals surface area (Å²) in [5.41, 5.74) is 4.03. The van der Waals surface area contributed by atoms with Crippen LogP contribution in [0.5, 0.6) is 0 Å². The summed E-state index contributed by atoms with van der Waals surface area (Å²) in [6.45, 7) is 0. The molecule has 0 saturated carbocycles. The number of hydrogen-bond donors (Lipinski definition) is 1. The Balaban J connectivity index is 1.95. The SMILES string of the molecule is O=Cc1ccc(CCc2ccc(/C=N/O)cc2)cc1. The maximum absolute atomic E-state index is 10.6. The van der Waals surface area contributed by atoms with Gasteiger partial charge in [0.2, 0.25) is 0 Å². The van der Waals surface area contributed by atoms with E-state index in [9.17, 15) is 4.79 Å². The normalized spacial score (nSPS) is 10.7. The van der Waals surface area contributed by atoms with Crippen LogP contribution in [-0.4, -0.2) is 17.7 Å². The molecule has 0 bridgehead atoms. The molecule has 0 aromatic heterocycles. The summed E-state index contributed by atoms with van der Waals surface area (Å²) in [6, 6.07) is 15.5. The Labute approximate surface area is 112 Å². The molecule has 2 aromatic carbocycles. The first kappa shape index (κ1) is 13.0. The number of aldehydes is 1. The fraction of sp³-hybridized carbons (Fsp3) is 0.125. The third-order valence-electron chi connectivity index (χ3n) is 3.00. The lowest BCUT2D eigenvalue weighted by atomic mass is 10.0. The van der Waals surface area contributed by atoms with Gasteiger partial charge in [0, 0.05) is 5.56 Å². The quantitative estimate of drug-likeness (QED) is 0.385. The Morgan fingerprint density at radius 1 is 0.842 bits per heavy atom. The third kappa shape index (κ3) is 3.78. The lowest BCUT2D eigenvalue weighted by Gasteiger charge is -2.03. The van der Waals surface area contributed by atoms with E-state index in [1.165, 1.54) is 17.3 Å². The van der Waals surface area contributed by atoms with Gasteiger partial charge in [-0.25, -0.2) is 0 Å². The molecule has 0 atom stereocenters. The van der Waals surface area contributed by atoms with Crippen LogP contribution in [0.25, 0.3) is 0 Å². The first-order valence-corrected chi connectivity index (χ1v) is 6.12. The highest BCUT2D eigenvalue weighted by atomic mass is 16.4. The fourth-order valence-corrected chi connectivity index (χ4v) is 1.89. The second-order valence-electron chi connectivity index (χ2n) is 4.35. The predicted octanol–water partition coefficient (Wildman–Crippen LogP) is 3.09. The monoisotopic (exact) mass is 253 g/mol. The molecule has 0 aliphatic rings. The van der Waals surface area contributed by atoms with Gasteiger partial charge in [0.05, 0.1) is 6.21 Å². The number of carbonyl (C=O) groups excluding carboxylic acids is 1. The van der Waals surface area contributed by atoms with Crippen LogP contribution in [0.4, 0.5) is 0 Å². The zero-order valence-corrected chi connectivity index (χ0v) is 10.5. The molecule has 2 aromatic rings. The summed E-state index contributed by atoms with van der Waals surface area (Å²) < 4.78 is 0. The van der Waals surface area contributed by atoms with Crippen molar-refractivity contribution in [1.82, 2.24) is 0 Å². The van der Waals surface area contributed by atoms with Gasteiger partial charge in [-0.15, -0.1) is 0 Å². The zero-order valence-electron chi connectivity index (χ0n) is 10.5. The van der Waals surface area contributed by atoms with Gasteiger partial charge in [-0.2, -0.15) is 0 Å². The Bertz CT molecular complexity index is 556. The summed E-state index contributed by atoms with van der Waals surface area (Å²) >= 11 is 0. The van der Waals surface area contributed by atoms with E-state index in [1.54, 1.807) is 0 Å². The third-order valence-corrected chi connectivity index (χ3v) is 3.00. The highest BCUT2D eigenvalue weighted by Gasteiger charge is 1.97. The zero-order chi connectivity index (χ0) is 13.5. The minimum atomic E-state index is 0.705. The molecule has 2 rings (SSSR count). The molecule has 0 unspecified atom stereocenters. The van der Waals surface area contributed by atoms with Crippen molar-refractivity contribution in [3.63, 3.8) is 0 Å². The number of carbonyl (C=O) groups is 1. The van der Waals surface area contributed by atoms with Crippen LogP contribution in [0.15, 0.2) is 53.7 Å². The molecule has 0 radical (unpaired) electrons. The van der Waals surface area contributed by atoms with Crippen LogP contribution in [0.3, 0.4) is 0 Å². The standard InChI is InChI=1S/C16H15NO2/c18-12-16-9-5-14(6-10-16)2-1-13-3-7-15(8-4-13)11-17-19/h3-12,19H,1-2H2/b17-11+. The van der Waals surface area contributed by atoms with Crippen LogP contribution in [0, 0.1) is 0 Å². The van der Waals surface area contributed by atoms with Crippen molar-refractivity contribution in [3.8, 4) is 0 Å². The fourth-order valence-electron chi connectivity index (χ4n) is 1.89. The predicted molar refractivity (Wildman–Crippen MR) is 75.1 cm³/mol. The highest BCUT2D eigenvalue weighted by molar-refractivity contribution is 5.78. The number of rotatable bonds is 5. The molecule has 96 valence electrons. The molecule has 3 heteroatoms. The van der Waals surface area contributed by atoms with E-state index in [0.717, 1.165) is 24.7 Å². The van der Waals surface area contributed by atoms with Gasteiger partial charge in [0.25, 0.3) is 0 Å². The smallest absolute Gasteiger partial charge is 0.150 e. The largest absolute Gasteiger partial charge is 0.411 e. The van der Waals surface area contributed by atoms with Gasteiger partial charge in [-0.05, 0) is 29.5 Å². The van der Waals surface area contributed by atoms with Gasteiger partial charge in [-0.3, -0.25) is 4.79 Å². The van der Waals surface area contributed by atoms with Crippen molar-refractivity contribution in [3.05, 3.63) is 70.8 Å². The van der Waals surface area contributed by atoms with E-state index in [2.05, 4.69) is 5.16 Å². The second-order valence-corrected chi connectivity index (χ2v) is 4.35. The van der Waals surface area contributed by atoms with Crippen LogP contribution in [0.2, 0.25) is 0 Å². The molecular weight excluding hydrogens is 238 g/mol. The average molecular weight is 253 g/mol. The molecule has 0 fully saturated rings. The summed E-state index contributed by atoms with van der Waals surface area (Å²) in [7, 11) is 0. The summed E-state index contributed by atoms with van der Waals surface area (Å²) in [5, 5.41) is 11.4. The van der Waals surface area contributed by atoms with Gasteiger partial charge in [-0.1, -0.05) is 53.7 Å². The first-order chi connectivity index (χ1) is 9.31. The van der Waals surface area contributed by atoms with Crippen LogP contribution in [-0.2, 0) is 12.8 Å². The van der Waals surface area contributed by atoms with E-state index in [-0.39, 0.29) is 0 Å². The molecular formula is C16H15NO2. The van der Waals surface area contributed by atoms with Crippen LogP contribution < -0.4 is 0 Å². The minimum absolute atomic E-state index is 0.705. The van der Waals surface area contributed by atoms with Crippen molar-refractivity contribution in [2.45, 2.75) is 12.8 Å². The second kappa shape index (κ2) is 6.50. The average Bonchev–Trinajstić information content (AvgIpc) is 2.47. The number of oxime groups is 1. The highest BCUT2D eigenvalue weighted by Crippen LogP contribution is 2.09. The Morgan fingerprint density at radius 2 is 1.32 bits per heavy atom. The van der Waals surface area contributed by atoms with Crippen molar-refractivity contribution < 1.29 is 10.0 Å².